The van der Waals surface area contributed by atoms with Crippen molar-refractivity contribution in [2.24, 2.45) is 5.92 Å². The molecule has 1 amide bonds. The zero-order valence-corrected chi connectivity index (χ0v) is 17.9. The summed E-state index contributed by atoms with van der Waals surface area (Å²) in [5.41, 5.74) is 1.89. The van der Waals surface area contributed by atoms with Crippen LogP contribution in [0.5, 0.6) is 0 Å². The van der Waals surface area contributed by atoms with Gasteiger partial charge >= 0.3 is 5.56 Å². The maximum absolute atomic E-state index is 13.3. The maximum Gasteiger partial charge on any atom is 0.315 e. The largest absolute Gasteiger partial charge is 0.595 e. The van der Waals surface area contributed by atoms with E-state index in [-0.39, 0.29) is 23.4 Å². The van der Waals surface area contributed by atoms with Gasteiger partial charge in [0.25, 0.3) is 5.91 Å². The van der Waals surface area contributed by atoms with Crippen LogP contribution in [0.2, 0.25) is 0 Å². The Hall–Kier alpha value is -2.98. The molecule has 3 aromatic rings. The van der Waals surface area contributed by atoms with Gasteiger partial charge in [0.15, 0.2) is 0 Å². The van der Waals surface area contributed by atoms with E-state index in [0.29, 0.717) is 31.8 Å². The topological polar surface area (TPSA) is 104 Å². The molecule has 2 aromatic heterocycles. The Balaban J connectivity index is 1.39. The number of fused-ring (bicyclic) bond motifs is 5. The number of hydrogen-bond donors (Lipinski definition) is 2. The second-order valence-corrected chi connectivity index (χ2v) is 8.68. The number of carbonyl (C=O) groups is 1. The van der Waals surface area contributed by atoms with Gasteiger partial charge in [0, 0.05) is 73.6 Å². The number of methoxy groups -OCH3 is 1. The molecule has 4 heterocycles. The van der Waals surface area contributed by atoms with Crippen molar-refractivity contribution in [1.82, 2.24) is 14.0 Å². The molecule has 3 atom stereocenters. The number of likely N-dealkylation sites (tertiary alicyclic amines) is 1. The number of benzene rings is 1. The maximum atomic E-state index is 13.3. The van der Waals surface area contributed by atoms with Crippen molar-refractivity contribution in [3.63, 3.8) is 0 Å². The van der Waals surface area contributed by atoms with Gasteiger partial charge in [-0.15, -0.1) is 0 Å². The van der Waals surface area contributed by atoms with Crippen LogP contribution in [-0.2, 0) is 17.8 Å². The third-order valence-corrected chi connectivity index (χ3v) is 6.68. The Bertz CT molecular complexity index is 1230. The summed E-state index contributed by atoms with van der Waals surface area (Å²) in [6, 6.07) is 10.9. The van der Waals surface area contributed by atoms with Crippen LogP contribution >= 0.6 is 0 Å². The summed E-state index contributed by atoms with van der Waals surface area (Å²) in [5, 5.41) is 20.4. The number of carbonyl (C=O) groups excluding carboxylic acids is 1. The molecule has 2 aliphatic heterocycles. The number of quaternary nitrogens is 1. The fourth-order valence-electron chi connectivity index (χ4n) is 5.17. The number of aromatic nitrogens is 2. The number of hydrogen-bond acceptors (Lipinski definition) is 5. The summed E-state index contributed by atoms with van der Waals surface area (Å²) in [4.78, 5) is 27.8. The van der Waals surface area contributed by atoms with E-state index >= 15 is 0 Å². The number of piperidine rings is 1. The average molecular weight is 438 g/mol. The Morgan fingerprint density at radius 3 is 2.84 bits per heavy atom. The molecule has 9 nitrogen and oxygen atoms in total. The van der Waals surface area contributed by atoms with Crippen LogP contribution in [0.15, 0.2) is 47.4 Å². The molecule has 2 N–H and O–H groups in total. The normalized spacial score (nSPS) is 20.9. The first-order chi connectivity index (χ1) is 15.5. The predicted molar refractivity (Wildman–Crippen MR) is 117 cm³/mol. The molecule has 1 saturated heterocycles. The first kappa shape index (κ1) is 20.9. The van der Waals surface area contributed by atoms with E-state index < -0.39 is 10.8 Å². The van der Waals surface area contributed by atoms with Gasteiger partial charge in [0.1, 0.15) is 0 Å². The van der Waals surface area contributed by atoms with Crippen LogP contribution in [0.1, 0.15) is 28.4 Å². The van der Waals surface area contributed by atoms with Crippen molar-refractivity contribution in [1.29, 1.82) is 0 Å². The van der Waals surface area contributed by atoms with Gasteiger partial charge in [0.05, 0.1) is 6.61 Å². The fourth-order valence-corrected chi connectivity index (χ4v) is 5.17. The summed E-state index contributed by atoms with van der Waals surface area (Å²) in [6.07, 6.45) is 2.90. The molecule has 0 radical (unpaired) electrons. The van der Waals surface area contributed by atoms with Crippen LogP contribution in [0.25, 0.3) is 10.9 Å². The van der Waals surface area contributed by atoms with E-state index in [2.05, 4.69) is 4.57 Å². The Morgan fingerprint density at radius 1 is 1.22 bits per heavy atom. The summed E-state index contributed by atoms with van der Waals surface area (Å²) in [6.45, 7) is 2.90. The zero-order valence-electron chi connectivity index (χ0n) is 17.9. The van der Waals surface area contributed by atoms with Crippen LogP contribution in [0.3, 0.4) is 0 Å². The van der Waals surface area contributed by atoms with Crippen molar-refractivity contribution < 1.29 is 20.0 Å². The highest BCUT2D eigenvalue weighted by atomic mass is 16.8. The Labute approximate surface area is 184 Å². The van der Waals surface area contributed by atoms with Gasteiger partial charge in [0.2, 0.25) is 5.69 Å². The first-order valence-electron chi connectivity index (χ1n) is 10.8. The smallest absolute Gasteiger partial charge is 0.315 e. The molecule has 0 aliphatic carbocycles. The minimum Gasteiger partial charge on any atom is -0.595 e. The monoisotopic (exact) mass is 438 g/mol. The fraction of sp³-hybridized carbons (Fsp3) is 0.391. The summed E-state index contributed by atoms with van der Waals surface area (Å²) in [7, 11) is 1.68. The van der Waals surface area contributed by atoms with Crippen molar-refractivity contribution in [2.75, 3.05) is 26.8 Å². The molecule has 1 unspecified atom stereocenters. The molecule has 1 aromatic carbocycles. The highest BCUT2D eigenvalue weighted by Gasteiger charge is 2.37. The van der Waals surface area contributed by atoms with Gasteiger partial charge in [-0.05, 0) is 42.7 Å². The van der Waals surface area contributed by atoms with Crippen LogP contribution in [0.4, 0.5) is 5.69 Å². The lowest BCUT2D eigenvalue weighted by atomic mass is 9.83. The minimum atomic E-state index is -1.20. The number of nitrogens with zero attached hydrogens (tertiary/aromatic N) is 3. The third-order valence-electron chi connectivity index (χ3n) is 6.68. The van der Waals surface area contributed by atoms with Gasteiger partial charge in [-0.3, -0.25) is 9.59 Å². The van der Waals surface area contributed by atoms with Crippen molar-refractivity contribution >= 4 is 22.5 Å². The minimum absolute atomic E-state index is 0.0100. The molecular formula is C23H26N4O5. The first-order valence-corrected chi connectivity index (χ1v) is 10.8. The zero-order chi connectivity index (χ0) is 22.4. The lowest BCUT2D eigenvalue weighted by molar-refractivity contribution is -0.992. The lowest BCUT2D eigenvalue weighted by Gasteiger charge is -2.42. The van der Waals surface area contributed by atoms with E-state index in [4.69, 9.17) is 4.74 Å². The summed E-state index contributed by atoms with van der Waals surface area (Å²) in [5.74, 6) is 0.149. The lowest BCUT2D eigenvalue weighted by Crippen LogP contribution is -3.00. The molecule has 2 bridgehead atoms. The highest BCUT2D eigenvalue weighted by molar-refractivity contribution is 5.98. The molecule has 0 saturated carbocycles. The van der Waals surface area contributed by atoms with Crippen molar-refractivity contribution in [2.45, 2.75) is 25.4 Å². The van der Waals surface area contributed by atoms with Gasteiger partial charge in [-0.2, -0.15) is 5.23 Å². The van der Waals surface area contributed by atoms with Crippen LogP contribution < -0.4 is 10.8 Å². The predicted octanol–water partition coefficient (Wildman–Crippen LogP) is 1.11. The van der Waals surface area contributed by atoms with E-state index in [0.717, 1.165) is 29.6 Å². The van der Waals surface area contributed by atoms with Crippen molar-refractivity contribution in [3.05, 3.63) is 69.4 Å². The van der Waals surface area contributed by atoms with Crippen LogP contribution in [0, 0.1) is 11.1 Å². The second-order valence-electron chi connectivity index (χ2n) is 8.68. The molecule has 0 spiro atoms. The summed E-state index contributed by atoms with van der Waals surface area (Å²) >= 11 is 0. The van der Waals surface area contributed by atoms with Crippen molar-refractivity contribution in [3.8, 4) is 0 Å². The van der Waals surface area contributed by atoms with Gasteiger partial charge in [-0.25, -0.2) is 5.21 Å². The van der Waals surface area contributed by atoms with Gasteiger partial charge in [-0.1, -0.05) is 0 Å². The van der Waals surface area contributed by atoms with E-state index in [9.17, 15) is 20.0 Å². The highest BCUT2D eigenvalue weighted by Crippen LogP contribution is 2.36. The van der Waals surface area contributed by atoms with E-state index in [1.165, 1.54) is 6.07 Å². The number of nitrogens with one attached hydrogen (secondary N) is 1. The third kappa shape index (κ3) is 3.53. The molecular weight excluding hydrogens is 412 g/mol. The van der Waals surface area contributed by atoms with Crippen LogP contribution in [-0.4, -0.2) is 52.0 Å². The Morgan fingerprint density at radius 2 is 2.06 bits per heavy atom. The SMILES string of the molecule is COCCn1ccc2cc(C(=O)N3C[C@@H]4C[C@@H](C3)c3ccc([NH+]([O-])O)c(=O)n3C4)ccc21. The second kappa shape index (κ2) is 8.18. The standard InChI is InChI=1S/C23H26N4O5/c1-32-9-8-24-7-6-16-11-17(2-3-19(16)24)22(28)25-12-15-10-18(14-25)20-4-5-21(27(30)31)23(29)26(20)13-15/h2-7,11,15,18,27,30H,8-10,12-14H2,1H3/t15-,18-/m0/s1. The molecule has 1 fully saturated rings. The molecule has 168 valence electrons. The number of amides is 1. The summed E-state index contributed by atoms with van der Waals surface area (Å²) < 4.78 is 8.87. The Kier molecular flexibility index (Phi) is 5.34. The van der Waals surface area contributed by atoms with E-state index in [1.54, 1.807) is 17.7 Å². The number of rotatable bonds is 5. The quantitative estimate of drug-likeness (QED) is 0.581. The van der Waals surface area contributed by atoms with Gasteiger partial charge < -0.3 is 24.0 Å². The molecule has 9 heteroatoms. The molecule has 32 heavy (non-hydrogen) atoms. The number of ether oxygens (including phenoxy) is 1. The average Bonchev–Trinajstić information content (AvgIpc) is 3.19. The molecule has 5 rings (SSSR count). The van der Waals surface area contributed by atoms with E-state index in [1.807, 2.05) is 35.4 Å². The number of pyridine rings is 1. The molecule has 2 aliphatic rings.